The molecule has 112 valence electrons. The molecule has 0 amide bonds. The van der Waals surface area contributed by atoms with Crippen molar-refractivity contribution in [3.63, 3.8) is 0 Å². The van der Waals surface area contributed by atoms with Gasteiger partial charge in [0.25, 0.3) is 0 Å². The number of aromatic nitrogens is 3. The van der Waals surface area contributed by atoms with E-state index >= 15 is 0 Å². The zero-order valence-electron chi connectivity index (χ0n) is 11.9. The van der Waals surface area contributed by atoms with E-state index in [-0.39, 0.29) is 0 Å². The summed E-state index contributed by atoms with van der Waals surface area (Å²) >= 11 is 3.52. The molecule has 0 atom stereocenters. The van der Waals surface area contributed by atoms with Crippen molar-refractivity contribution >= 4 is 32.9 Å². The number of aromatic amines is 1. The summed E-state index contributed by atoms with van der Waals surface area (Å²) in [6.07, 6.45) is 3.80. The summed E-state index contributed by atoms with van der Waals surface area (Å²) in [6, 6.07) is 8.21. The molecule has 22 heavy (non-hydrogen) atoms. The molecule has 0 unspecified atom stereocenters. The van der Waals surface area contributed by atoms with Crippen LogP contribution >= 0.6 is 15.9 Å². The second-order valence-corrected chi connectivity index (χ2v) is 6.15. The average molecular weight is 359 g/mol. The van der Waals surface area contributed by atoms with Gasteiger partial charge in [-0.2, -0.15) is 0 Å². The molecule has 1 aromatic carbocycles. The van der Waals surface area contributed by atoms with Crippen molar-refractivity contribution < 1.29 is 4.74 Å². The maximum absolute atomic E-state index is 5.40. The molecule has 0 spiro atoms. The number of rotatable bonds is 2. The van der Waals surface area contributed by atoms with Gasteiger partial charge >= 0.3 is 0 Å². The first-order chi connectivity index (χ1) is 10.8. The molecule has 0 bridgehead atoms. The molecule has 5 nitrogen and oxygen atoms in total. The number of ether oxygens (including phenoxy) is 1. The highest BCUT2D eigenvalue weighted by atomic mass is 79.9. The number of nitrogens with zero attached hydrogens (tertiary/aromatic N) is 3. The molecule has 1 N–H and O–H groups in total. The van der Waals surface area contributed by atoms with Gasteiger partial charge in [-0.25, -0.2) is 9.97 Å². The second-order valence-electron chi connectivity index (χ2n) is 5.24. The fourth-order valence-electron chi connectivity index (χ4n) is 2.70. The van der Waals surface area contributed by atoms with Crippen LogP contribution in [0.2, 0.25) is 0 Å². The first kappa shape index (κ1) is 13.7. The average Bonchev–Trinajstić information content (AvgIpc) is 2.99. The Kier molecular flexibility index (Phi) is 3.56. The van der Waals surface area contributed by atoms with Gasteiger partial charge in [-0.1, -0.05) is 28.1 Å². The lowest BCUT2D eigenvalue weighted by Gasteiger charge is -2.27. The SMILES string of the molecule is Brc1cccc(-c2c[nH]c3ncc(N4CCOCC4)nc23)c1. The van der Waals surface area contributed by atoms with Crippen LogP contribution in [0.1, 0.15) is 0 Å². The van der Waals surface area contributed by atoms with Crippen LogP contribution in [0.15, 0.2) is 41.1 Å². The number of nitrogens with one attached hydrogen (secondary N) is 1. The molecule has 6 heteroatoms. The molecule has 1 aliphatic heterocycles. The van der Waals surface area contributed by atoms with Crippen LogP contribution < -0.4 is 4.90 Å². The summed E-state index contributed by atoms with van der Waals surface area (Å²) in [5.41, 5.74) is 3.90. The van der Waals surface area contributed by atoms with Crippen molar-refractivity contribution in [2.75, 3.05) is 31.2 Å². The van der Waals surface area contributed by atoms with Crippen molar-refractivity contribution in [2.45, 2.75) is 0 Å². The standard InChI is InChI=1S/C16H15BrN4O/c17-12-3-1-2-11(8-12)13-9-18-16-15(13)20-14(10-19-16)21-4-6-22-7-5-21/h1-3,8-10H,4-7H2,(H,18,19). The number of H-pyrrole nitrogens is 1. The van der Waals surface area contributed by atoms with Crippen LogP contribution in [0, 0.1) is 0 Å². The summed E-state index contributed by atoms with van der Waals surface area (Å²) in [5.74, 6) is 0.909. The Morgan fingerprint density at radius 2 is 2.09 bits per heavy atom. The molecule has 2 aromatic heterocycles. The summed E-state index contributed by atoms with van der Waals surface area (Å²) in [5, 5.41) is 0. The fraction of sp³-hybridized carbons (Fsp3) is 0.250. The third-order valence-electron chi connectivity index (χ3n) is 3.84. The molecule has 0 aliphatic carbocycles. The molecule has 1 aliphatic rings. The van der Waals surface area contributed by atoms with E-state index in [4.69, 9.17) is 9.72 Å². The van der Waals surface area contributed by atoms with E-state index in [9.17, 15) is 0 Å². The van der Waals surface area contributed by atoms with Crippen LogP contribution in [0.25, 0.3) is 22.3 Å². The van der Waals surface area contributed by atoms with Gasteiger partial charge in [0.05, 0.1) is 19.4 Å². The maximum atomic E-state index is 5.40. The van der Waals surface area contributed by atoms with Gasteiger partial charge < -0.3 is 14.6 Å². The quantitative estimate of drug-likeness (QED) is 0.763. The van der Waals surface area contributed by atoms with E-state index in [0.717, 1.165) is 58.9 Å². The molecule has 1 saturated heterocycles. The van der Waals surface area contributed by atoms with Gasteiger partial charge in [-0.05, 0) is 17.7 Å². The number of hydrogen-bond donors (Lipinski definition) is 1. The van der Waals surface area contributed by atoms with Crippen molar-refractivity contribution in [1.82, 2.24) is 15.0 Å². The molecule has 0 saturated carbocycles. The highest BCUT2D eigenvalue weighted by molar-refractivity contribution is 9.10. The van der Waals surface area contributed by atoms with Gasteiger partial charge in [0.2, 0.25) is 0 Å². The molecule has 1 fully saturated rings. The topological polar surface area (TPSA) is 54.0 Å². The predicted molar refractivity (Wildman–Crippen MR) is 90.1 cm³/mol. The number of hydrogen-bond acceptors (Lipinski definition) is 4. The summed E-state index contributed by atoms with van der Waals surface area (Å²) < 4.78 is 6.45. The van der Waals surface area contributed by atoms with Crippen LogP contribution in [-0.2, 0) is 4.74 Å². The first-order valence-corrected chi connectivity index (χ1v) is 8.03. The molecular weight excluding hydrogens is 344 g/mol. The summed E-state index contributed by atoms with van der Waals surface area (Å²) in [4.78, 5) is 14.8. The fourth-order valence-corrected chi connectivity index (χ4v) is 3.10. The van der Waals surface area contributed by atoms with Crippen molar-refractivity contribution in [2.24, 2.45) is 0 Å². The Bertz CT molecular complexity index is 811. The lowest BCUT2D eigenvalue weighted by atomic mass is 10.1. The Morgan fingerprint density at radius 3 is 2.91 bits per heavy atom. The van der Waals surface area contributed by atoms with Gasteiger partial charge in [0, 0.05) is 29.3 Å². The smallest absolute Gasteiger partial charge is 0.156 e. The monoisotopic (exact) mass is 358 g/mol. The summed E-state index contributed by atoms with van der Waals surface area (Å²) in [6.45, 7) is 3.20. The van der Waals surface area contributed by atoms with Gasteiger partial charge in [-0.15, -0.1) is 0 Å². The van der Waals surface area contributed by atoms with Crippen LogP contribution in [0.3, 0.4) is 0 Å². The molecule has 4 rings (SSSR count). The largest absolute Gasteiger partial charge is 0.378 e. The van der Waals surface area contributed by atoms with E-state index in [0.29, 0.717) is 0 Å². The number of benzene rings is 1. The van der Waals surface area contributed by atoms with E-state index in [2.05, 4.69) is 42.9 Å². The van der Waals surface area contributed by atoms with Crippen LogP contribution in [0.5, 0.6) is 0 Å². The Labute approximate surface area is 136 Å². The Balaban J connectivity index is 1.79. The number of morpholine rings is 1. The van der Waals surface area contributed by atoms with Crippen molar-refractivity contribution in [3.05, 3.63) is 41.1 Å². The van der Waals surface area contributed by atoms with Crippen LogP contribution in [0.4, 0.5) is 5.82 Å². The third kappa shape index (κ3) is 2.48. The van der Waals surface area contributed by atoms with Gasteiger partial charge in [-0.3, -0.25) is 0 Å². The van der Waals surface area contributed by atoms with Gasteiger partial charge in [0.15, 0.2) is 5.65 Å². The van der Waals surface area contributed by atoms with E-state index in [1.165, 1.54) is 0 Å². The van der Waals surface area contributed by atoms with Gasteiger partial charge in [0.1, 0.15) is 11.3 Å². The van der Waals surface area contributed by atoms with E-state index in [1.807, 2.05) is 24.5 Å². The molecular formula is C16H15BrN4O. The number of halogens is 1. The third-order valence-corrected chi connectivity index (χ3v) is 4.33. The van der Waals surface area contributed by atoms with Crippen LogP contribution in [-0.4, -0.2) is 41.3 Å². The molecule has 3 heterocycles. The Morgan fingerprint density at radius 1 is 1.23 bits per heavy atom. The highest BCUT2D eigenvalue weighted by Crippen LogP contribution is 2.29. The summed E-state index contributed by atoms with van der Waals surface area (Å²) in [7, 11) is 0. The lowest BCUT2D eigenvalue weighted by Crippen LogP contribution is -2.36. The number of anilines is 1. The van der Waals surface area contributed by atoms with E-state index in [1.54, 1.807) is 0 Å². The normalized spacial score (nSPS) is 15.4. The van der Waals surface area contributed by atoms with Crippen molar-refractivity contribution in [3.8, 4) is 11.1 Å². The second kappa shape index (κ2) is 5.70. The minimum Gasteiger partial charge on any atom is -0.378 e. The molecule has 3 aromatic rings. The zero-order chi connectivity index (χ0) is 14.9. The van der Waals surface area contributed by atoms with E-state index < -0.39 is 0 Å². The number of fused-ring (bicyclic) bond motifs is 1. The molecule has 0 radical (unpaired) electrons. The highest BCUT2D eigenvalue weighted by Gasteiger charge is 2.15. The van der Waals surface area contributed by atoms with Crippen molar-refractivity contribution in [1.29, 1.82) is 0 Å². The zero-order valence-corrected chi connectivity index (χ0v) is 13.5. The maximum Gasteiger partial charge on any atom is 0.156 e. The Hall–Kier alpha value is -1.92. The predicted octanol–water partition coefficient (Wildman–Crippen LogP) is 3.22. The minimum atomic E-state index is 0.741. The minimum absolute atomic E-state index is 0.741. The first-order valence-electron chi connectivity index (χ1n) is 7.24. The lowest BCUT2D eigenvalue weighted by molar-refractivity contribution is 0.122.